The van der Waals surface area contributed by atoms with E-state index in [1.54, 1.807) is 0 Å². The average Bonchev–Trinajstić information content (AvgIpc) is 2.38. The molecule has 2 saturated heterocycles. The molecule has 0 aromatic rings. The molecule has 2 fully saturated rings. The van der Waals surface area contributed by atoms with E-state index in [2.05, 4.69) is 29.0 Å². The van der Waals surface area contributed by atoms with Crippen LogP contribution in [-0.4, -0.2) is 66.6 Å². The minimum absolute atomic E-state index is 0.0396. The average molecular weight is 268 g/mol. The molecule has 5 nitrogen and oxygen atoms in total. The van der Waals surface area contributed by atoms with Gasteiger partial charge in [0.1, 0.15) is 0 Å². The molecule has 0 spiro atoms. The Morgan fingerprint density at radius 1 is 1.21 bits per heavy atom. The van der Waals surface area contributed by atoms with Gasteiger partial charge in [0.15, 0.2) is 0 Å². The molecule has 2 rings (SSSR count). The zero-order valence-electron chi connectivity index (χ0n) is 12.3. The predicted octanol–water partition coefficient (Wildman–Crippen LogP) is 0.00840. The van der Waals surface area contributed by atoms with Crippen molar-refractivity contribution in [2.45, 2.75) is 51.2 Å². The van der Waals surface area contributed by atoms with Crippen molar-refractivity contribution in [1.29, 1.82) is 0 Å². The molecule has 0 saturated carbocycles. The van der Waals surface area contributed by atoms with Crippen LogP contribution >= 0.6 is 0 Å². The highest BCUT2D eigenvalue weighted by Gasteiger charge is 2.29. The van der Waals surface area contributed by atoms with Crippen molar-refractivity contribution >= 4 is 5.91 Å². The van der Waals surface area contributed by atoms with E-state index in [0.29, 0.717) is 12.1 Å². The Morgan fingerprint density at radius 2 is 1.89 bits per heavy atom. The molecule has 0 aromatic carbocycles. The highest BCUT2D eigenvalue weighted by molar-refractivity contribution is 5.79. The maximum atomic E-state index is 11.5. The van der Waals surface area contributed by atoms with Crippen LogP contribution in [0.25, 0.3) is 0 Å². The van der Waals surface area contributed by atoms with Crippen LogP contribution in [0.5, 0.6) is 0 Å². The third-order valence-electron chi connectivity index (χ3n) is 4.60. The first kappa shape index (κ1) is 14.8. The van der Waals surface area contributed by atoms with E-state index in [-0.39, 0.29) is 11.9 Å². The normalized spacial score (nSPS) is 34.3. The smallest absolute Gasteiger partial charge is 0.234 e. The molecule has 3 N–H and O–H groups in total. The van der Waals surface area contributed by atoms with Crippen LogP contribution in [0.3, 0.4) is 0 Å². The molecule has 0 bridgehead atoms. The van der Waals surface area contributed by atoms with Gasteiger partial charge in [-0.25, -0.2) is 0 Å². The minimum Gasteiger partial charge on any atom is -0.368 e. The number of piperidine rings is 1. The Kier molecular flexibility index (Phi) is 5.19. The van der Waals surface area contributed by atoms with Crippen molar-refractivity contribution in [3.63, 3.8) is 0 Å². The maximum Gasteiger partial charge on any atom is 0.234 e. The van der Waals surface area contributed by atoms with Gasteiger partial charge >= 0.3 is 0 Å². The first-order valence-electron chi connectivity index (χ1n) is 7.59. The van der Waals surface area contributed by atoms with Gasteiger partial charge in [-0.2, -0.15) is 0 Å². The lowest BCUT2D eigenvalue weighted by Gasteiger charge is -2.42. The molecule has 0 radical (unpaired) electrons. The molecule has 2 heterocycles. The van der Waals surface area contributed by atoms with Gasteiger partial charge in [-0.3, -0.25) is 14.6 Å². The summed E-state index contributed by atoms with van der Waals surface area (Å²) in [7, 11) is 0. The Labute approximate surface area is 116 Å². The number of rotatable bonds is 4. The van der Waals surface area contributed by atoms with Crippen LogP contribution in [0.4, 0.5) is 0 Å². The zero-order chi connectivity index (χ0) is 13.8. The van der Waals surface area contributed by atoms with E-state index in [4.69, 9.17) is 5.73 Å². The summed E-state index contributed by atoms with van der Waals surface area (Å²) in [5.74, 6) is -0.152. The number of hydrogen-bond acceptors (Lipinski definition) is 4. The molecule has 3 unspecified atom stereocenters. The molecule has 1 amide bonds. The fraction of sp³-hybridized carbons (Fsp3) is 0.929. The van der Waals surface area contributed by atoms with E-state index in [9.17, 15) is 4.79 Å². The summed E-state index contributed by atoms with van der Waals surface area (Å²) in [5, 5.41) is 3.45. The van der Waals surface area contributed by atoms with Crippen molar-refractivity contribution < 1.29 is 4.79 Å². The second-order valence-corrected chi connectivity index (χ2v) is 6.04. The SMILES string of the molecule is CC1CNCC(C)N1CCN1CCCCC1C(N)=O. The van der Waals surface area contributed by atoms with Gasteiger partial charge in [0.05, 0.1) is 6.04 Å². The number of nitrogens with two attached hydrogens (primary N) is 1. The van der Waals surface area contributed by atoms with Gasteiger partial charge in [0.2, 0.25) is 5.91 Å². The minimum atomic E-state index is -0.152. The highest BCUT2D eigenvalue weighted by atomic mass is 16.1. The maximum absolute atomic E-state index is 11.5. The third kappa shape index (κ3) is 3.68. The highest BCUT2D eigenvalue weighted by Crippen LogP contribution is 2.17. The number of primary amides is 1. The van der Waals surface area contributed by atoms with E-state index in [1.807, 2.05) is 0 Å². The number of carbonyl (C=O) groups is 1. The first-order valence-corrected chi connectivity index (χ1v) is 7.59. The molecule has 2 aliphatic heterocycles. The van der Waals surface area contributed by atoms with Gasteiger partial charge in [-0.05, 0) is 33.2 Å². The van der Waals surface area contributed by atoms with Crippen molar-refractivity contribution in [1.82, 2.24) is 15.1 Å². The van der Waals surface area contributed by atoms with E-state index < -0.39 is 0 Å². The third-order valence-corrected chi connectivity index (χ3v) is 4.60. The van der Waals surface area contributed by atoms with Crippen molar-refractivity contribution in [2.75, 3.05) is 32.7 Å². The number of likely N-dealkylation sites (tertiary alicyclic amines) is 1. The van der Waals surface area contributed by atoms with E-state index >= 15 is 0 Å². The molecule has 2 aliphatic rings. The second-order valence-electron chi connectivity index (χ2n) is 6.04. The van der Waals surface area contributed by atoms with Crippen molar-refractivity contribution in [2.24, 2.45) is 5.73 Å². The summed E-state index contributed by atoms with van der Waals surface area (Å²) in [5.41, 5.74) is 5.52. The number of carbonyl (C=O) groups excluding carboxylic acids is 1. The molecule has 5 heteroatoms. The summed E-state index contributed by atoms with van der Waals surface area (Å²) in [4.78, 5) is 16.3. The number of nitrogens with zero attached hydrogens (tertiary/aromatic N) is 2. The lowest BCUT2D eigenvalue weighted by Crippen LogP contribution is -2.58. The van der Waals surface area contributed by atoms with Gasteiger partial charge in [-0.1, -0.05) is 6.42 Å². The molecule has 0 aliphatic carbocycles. The first-order chi connectivity index (χ1) is 9.09. The lowest BCUT2D eigenvalue weighted by atomic mass is 10.0. The van der Waals surface area contributed by atoms with Crippen LogP contribution < -0.4 is 11.1 Å². The second kappa shape index (κ2) is 6.68. The van der Waals surface area contributed by atoms with Gasteiger partial charge < -0.3 is 11.1 Å². The number of amides is 1. The van der Waals surface area contributed by atoms with Crippen LogP contribution in [0.15, 0.2) is 0 Å². The Morgan fingerprint density at radius 3 is 2.53 bits per heavy atom. The standard InChI is InChI=1S/C14H28N4O/c1-11-9-16-10-12(2)18(11)8-7-17-6-4-3-5-13(17)14(15)19/h11-13,16H,3-10H2,1-2H3,(H2,15,19). The summed E-state index contributed by atoms with van der Waals surface area (Å²) in [6, 6.07) is 1.10. The predicted molar refractivity (Wildman–Crippen MR) is 76.9 cm³/mol. The monoisotopic (exact) mass is 268 g/mol. The van der Waals surface area contributed by atoms with Crippen LogP contribution in [0, 0.1) is 0 Å². The van der Waals surface area contributed by atoms with Crippen LogP contribution in [0.1, 0.15) is 33.1 Å². The van der Waals surface area contributed by atoms with Crippen LogP contribution in [-0.2, 0) is 4.79 Å². The summed E-state index contributed by atoms with van der Waals surface area (Å²) in [6.45, 7) is 9.67. The topological polar surface area (TPSA) is 61.6 Å². The van der Waals surface area contributed by atoms with E-state index in [1.165, 1.54) is 6.42 Å². The van der Waals surface area contributed by atoms with Crippen LogP contribution in [0.2, 0.25) is 0 Å². The lowest BCUT2D eigenvalue weighted by molar-refractivity contribution is -0.124. The summed E-state index contributed by atoms with van der Waals surface area (Å²) in [6.07, 6.45) is 3.25. The number of piperazine rings is 1. The molecule has 0 aromatic heterocycles. The van der Waals surface area contributed by atoms with Crippen molar-refractivity contribution in [3.05, 3.63) is 0 Å². The Balaban J connectivity index is 1.87. The quantitative estimate of drug-likeness (QED) is 0.754. The van der Waals surface area contributed by atoms with Gasteiger partial charge in [0, 0.05) is 38.3 Å². The largest absolute Gasteiger partial charge is 0.368 e. The Bertz CT molecular complexity index is 300. The Hall–Kier alpha value is -0.650. The summed E-state index contributed by atoms with van der Waals surface area (Å²) < 4.78 is 0. The molecule has 19 heavy (non-hydrogen) atoms. The molecule has 110 valence electrons. The van der Waals surface area contributed by atoms with Gasteiger partial charge in [-0.15, -0.1) is 0 Å². The number of nitrogens with one attached hydrogen (secondary N) is 1. The van der Waals surface area contributed by atoms with E-state index in [0.717, 1.165) is 45.6 Å². The molecule has 3 atom stereocenters. The molecular weight excluding hydrogens is 240 g/mol. The fourth-order valence-corrected chi connectivity index (χ4v) is 3.44. The number of hydrogen-bond donors (Lipinski definition) is 2. The fourth-order valence-electron chi connectivity index (χ4n) is 3.44. The summed E-state index contributed by atoms with van der Waals surface area (Å²) >= 11 is 0. The van der Waals surface area contributed by atoms with Gasteiger partial charge in [0.25, 0.3) is 0 Å². The van der Waals surface area contributed by atoms with Crippen molar-refractivity contribution in [3.8, 4) is 0 Å². The zero-order valence-corrected chi connectivity index (χ0v) is 12.3. The molecular formula is C14H28N4O.